The Balaban J connectivity index is 2.00. The fourth-order valence-corrected chi connectivity index (χ4v) is 2.48. The second kappa shape index (κ2) is 2.48. The van der Waals surface area contributed by atoms with Crippen LogP contribution in [0.25, 0.3) is 0 Å². The van der Waals surface area contributed by atoms with Gasteiger partial charge in [0.2, 0.25) is 0 Å². The van der Waals surface area contributed by atoms with Gasteiger partial charge >= 0.3 is 0 Å². The van der Waals surface area contributed by atoms with Crippen molar-refractivity contribution in [1.29, 1.82) is 0 Å². The minimum Gasteiger partial charge on any atom is -0.370 e. The second-order valence-electron chi connectivity index (χ2n) is 4.16. The van der Waals surface area contributed by atoms with E-state index in [2.05, 4.69) is 13.8 Å². The van der Waals surface area contributed by atoms with Gasteiger partial charge in [0, 0.05) is 0 Å². The summed E-state index contributed by atoms with van der Waals surface area (Å²) in [7, 11) is 0. The van der Waals surface area contributed by atoms with E-state index in [9.17, 15) is 0 Å². The SMILES string of the molecule is CCC1(CC)CCC2OC2C1. The van der Waals surface area contributed by atoms with Crippen molar-refractivity contribution in [3.63, 3.8) is 0 Å². The van der Waals surface area contributed by atoms with E-state index >= 15 is 0 Å². The summed E-state index contributed by atoms with van der Waals surface area (Å²) in [6.07, 6.45) is 8.08. The van der Waals surface area contributed by atoms with Crippen LogP contribution in [0.15, 0.2) is 0 Å². The minimum absolute atomic E-state index is 0.650. The maximum absolute atomic E-state index is 5.54. The summed E-state index contributed by atoms with van der Waals surface area (Å²) in [5.41, 5.74) is 0.650. The Labute approximate surface area is 69.1 Å². The maximum atomic E-state index is 5.54. The van der Waals surface area contributed by atoms with Crippen molar-refractivity contribution < 1.29 is 4.74 Å². The summed E-state index contributed by atoms with van der Waals surface area (Å²) in [5.74, 6) is 0. The first-order chi connectivity index (χ1) is 5.29. The molecular weight excluding hydrogens is 136 g/mol. The predicted molar refractivity (Wildman–Crippen MR) is 45.5 cm³/mol. The Hall–Kier alpha value is -0.0400. The molecule has 1 saturated carbocycles. The van der Waals surface area contributed by atoms with Gasteiger partial charge in [0.15, 0.2) is 0 Å². The Bertz CT molecular complexity index is 149. The fourth-order valence-electron chi connectivity index (χ4n) is 2.48. The maximum Gasteiger partial charge on any atom is 0.0847 e. The topological polar surface area (TPSA) is 12.5 Å². The van der Waals surface area contributed by atoms with Crippen molar-refractivity contribution >= 4 is 0 Å². The van der Waals surface area contributed by atoms with Crippen molar-refractivity contribution in [2.24, 2.45) is 5.41 Å². The summed E-state index contributed by atoms with van der Waals surface area (Å²) >= 11 is 0. The number of epoxide rings is 1. The van der Waals surface area contributed by atoms with Crippen LogP contribution in [0.5, 0.6) is 0 Å². The highest BCUT2D eigenvalue weighted by molar-refractivity contribution is 4.97. The molecule has 1 heterocycles. The molecule has 2 unspecified atom stereocenters. The molecule has 1 nitrogen and oxygen atoms in total. The van der Waals surface area contributed by atoms with Crippen LogP contribution in [0, 0.1) is 5.41 Å². The van der Waals surface area contributed by atoms with Crippen molar-refractivity contribution in [1.82, 2.24) is 0 Å². The van der Waals surface area contributed by atoms with Crippen LogP contribution in [0.4, 0.5) is 0 Å². The highest BCUT2D eigenvalue weighted by Crippen LogP contribution is 2.49. The molecular formula is C10H18O. The number of fused-ring (bicyclic) bond motifs is 1. The molecule has 2 aliphatic rings. The summed E-state index contributed by atoms with van der Waals surface area (Å²) in [5, 5.41) is 0. The van der Waals surface area contributed by atoms with E-state index in [1.54, 1.807) is 0 Å². The molecule has 1 heteroatoms. The Morgan fingerprint density at radius 2 is 2.00 bits per heavy atom. The lowest BCUT2D eigenvalue weighted by atomic mass is 9.70. The van der Waals surface area contributed by atoms with Gasteiger partial charge in [-0.25, -0.2) is 0 Å². The van der Waals surface area contributed by atoms with Gasteiger partial charge in [-0.3, -0.25) is 0 Å². The molecule has 0 amide bonds. The molecule has 0 aromatic carbocycles. The van der Waals surface area contributed by atoms with E-state index in [0.717, 1.165) is 0 Å². The highest BCUT2D eigenvalue weighted by Gasteiger charge is 2.48. The predicted octanol–water partition coefficient (Wildman–Crippen LogP) is 2.74. The van der Waals surface area contributed by atoms with Crippen LogP contribution in [0.1, 0.15) is 46.0 Å². The summed E-state index contributed by atoms with van der Waals surface area (Å²) < 4.78 is 5.54. The summed E-state index contributed by atoms with van der Waals surface area (Å²) in [6, 6.07) is 0. The molecule has 0 aromatic heterocycles. The third kappa shape index (κ3) is 1.20. The van der Waals surface area contributed by atoms with Gasteiger partial charge in [0.1, 0.15) is 0 Å². The van der Waals surface area contributed by atoms with Gasteiger partial charge in [0.25, 0.3) is 0 Å². The zero-order chi connectivity index (χ0) is 7.90. The normalized spacial score (nSPS) is 39.8. The van der Waals surface area contributed by atoms with Gasteiger partial charge in [-0.2, -0.15) is 0 Å². The molecule has 0 bridgehead atoms. The van der Waals surface area contributed by atoms with E-state index < -0.39 is 0 Å². The molecule has 0 aromatic rings. The third-order valence-corrected chi connectivity index (χ3v) is 3.78. The van der Waals surface area contributed by atoms with Crippen LogP contribution in [-0.2, 0) is 4.74 Å². The average molecular weight is 154 g/mol. The monoisotopic (exact) mass is 154 g/mol. The molecule has 2 fully saturated rings. The quantitative estimate of drug-likeness (QED) is 0.557. The average Bonchev–Trinajstić information content (AvgIpc) is 2.81. The lowest BCUT2D eigenvalue weighted by Gasteiger charge is -2.33. The lowest BCUT2D eigenvalue weighted by Crippen LogP contribution is -2.26. The largest absolute Gasteiger partial charge is 0.370 e. The summed E-state index contributed by atoms with van der Waals surface area (Å²) in [6.45, 7) is 4.65. The molecule has 1 aliphatic carbocycles. The van der Waals surface area contributed by atoms with Crippen molar-refractivity contribution in [3.8, 4) is 0 Å². The number of hydrogen-bond donors (Lipinski definition) is 0. The van der Waals surface area contributed by atoms with Crippen LogP contribution in [0.3, 0.4) is 0 Å². The van der Waals surface area contributed by atoms with E-state index in [1.807, 2.05) is 0 Å². The van der Waals surface area contributed by atoms with E-state index in [0.29, 0.717) is 17.6 Å². The van der Waals surface area contributed by atoms with Gasteiger partial charge < -0.3 is 4.74 Å². The number of rotatable bonds is 2. The smallest absolute Gasteiger partial charge is 0.0847 e. The zero-order valence-electron chi connectivity index (χ0n) is 7.60. The first-order valence-electron chi connectivity index (χ1n) is 4.95. The molecule has 1 aliphatic heterocycles. The van der Waals surface area contributed by atoms with E-state index in [-0.39, 0.29) is 0 Å². The molecule has 11 heavy (non-hydrogen) atoms. The molecule has 2 atom stereocenters. The Morgan fingerprint density at radius 1 is 1.27 bits per heavy atom. The first kappa shape index (κ1) is 7.60. The number of hydrogen-bond acceptors (Lipinski definition) is 1. The number of ether oxygens (including phenoxy) is 1. The van der Waals surface area contributed by atoms with Crippen LogP contribution in [-0.4, -0.2) is 12.2 Å². The molecule has 64 valence electrons. The van der Waals surface area contributed by atoms with Crippen LogP contribution >= 0.6 is 0 Å². The van der Waals surface area contributed by atoms with Gasteiger partial charge in [-0.05, 0) is 24.7 Å². The standard InChI is InChI=1S/C10H18O/c1-3-10(4-2)6-5-8-9(7-10)11-8/h8-9H,3-7H2,1-2H3. The third-order valence-electron chi connectivity index (χ3n) is 3.78. The van der Waals surface area contributed by atoms with Gasteiger partial charge in [-0.1, -0.05) is 26.7 Å². The summed E-state index contributed by atoms with van der Waals surface area (Å²) in [4.78, 5) is 0. The van der Waals surface area contributed by atoms with E-state index in [4.69, 9.17) is 4.74 Å². The van der Waals surface area contributed by atoms with Crippen molar-refractivity contribution in [2.45, 2.75) is 58.2 Å². The fraction of sp³-hybridized carbons (Fsp3) is 1.00. The van der Waals surface area contributed by atoms with Crippen LogP contribution < -0.4 is 0 Å². The van der Waals surface area contributed by atoms with Crippen molar-refractivity contribution in [3.05, 3.63) is 0 Å². The van der Waals surface area contributed by atoms with Crippen molar-refractivity contribution in [2.75, 3.05) is 0 Å². The molecule has 0 spiro atoms. The molecule has 2 rings (SSSR count). The molecule has 1 saturated heterocycles. The molecule has 0 N–H and O–H groups in total. The van der Waals surface area contributed by atoms with Gasteiger partial charge in [0.05, 0.1) is 12.2 Å². The Morgan fingerprint density at radius 3 is 2.55 bits per heavy atom. The van der Waals surface area contributed by atoms with Crippen LogP contribution in [0.2, 0.25) is 0 Å². The zero-order valence-corrected chi connectivity index (χ0v) is 7.60. The van der Waals surface area contributed by atoms with E-state index in [1.165, 1.54) is 32.1 Å². The minimum atomic E-state index is 0.650. The lowest BCUT2D eigenvalue weighted by molar-refractivity contribution is 0.188. The second-order valence-corrected chi connectivity index (χ2v) is 4.16. The highest BCUT2D eigenvalue weighted by atomic mass is 16.6. The molecule has 0 radical (unpaired) electrons. The van der Waals surface area contributed by atoms with Gasteiger partial charge in [-0.15, -0.1) is 0 Å². The first-order valence-corrected chi connectivity index (χ1v) is 4.95. The Kier molecular flexibility index (Phi) is 1.71.